The van der Waals surface area contributed by atoms with Crippen LogP contribution in [0.25, 0.3) is 11.1 Å². The lowest BCUT2D eigenvalue weighted by molar-refractivity contribution is -0.134. The van der Waals surface area contributed by atoms with Gasteiger partial charge in [-0.1, -0.05) is 36.4 Å². The Hall–Kier alpha value is -3.25. The summed E-state index contributed by atoms with van der Waals surface area (Å²) in [5, 5.41) is 2.95. The maximum atomic E-state index is 13.3. The lowest BCUT2D eigenvalue weighted by Gasteiger charge is -2.42. The zero-order valence-electron chi connectivity index (χ0n) is 18.8. The quantitative estimate of drug-likeness (QED) is 0.619. The summed E-state index contributed by atoms with van der Waals surface area (Å²) in [6.45, 7) is 2.48. The number of nitrogens with one attached hydrogen (secondary N) is 1. The Balaban J connectivity index is 1.61. The highest BCUT2D eigenvalue weighted by Crippen LogP contribution is 2.37. The van der Waals surface area contributed by atoms with Crippen LogP contribution in [0.2, 0.25) is 0 Å². The molecule has 0 spiro atoms. The van der Waals surface area contributed by atoms with Gasteiger partial charge in [-0.05, 0) is 54.6 Å². The molecule has 32 heavy (non-hydrogen) atoms. The number of rotatable bonds is 7. The number of carbonyl (C=O) groups is 1. The molecule has 1 fully saturated rings. The molecular weight excluding hydrogens is 400 g/mol. The highest BCUT2D eigenvalue weighted by atomic mass is 16.5. The van der Waals surface area contributed by atoms with Gasteiger partial charge in [0.25, 0.3) is 0 Å². The molecule has 1 N–H and O–H groups in total. The molecule has 6 heteroatoms. The maximum Gasteiger partial charge on any atom is 0.227 e. The van der Waals surface area contributed by atoms with Gasteiger partial charge in [0, 0.05) is 38.1 Å². The number of benzene rings is 2. The topological polar surface area (TPSA) is 67.4 Å². The summed E-state index contributed by atoms with van der Waals surface area (Å²) in [6.07, 6.45) is 7.71. The van der Waals surface area contributed by atoms with Gasteiger partial charge in [-0.15, -0.1) is 0 Å². The van der Waals surface area contributed by atoms with Crippen molar-refractivity contribution in [2.75, 3.05) is 27.2 Å². The second-order valence-electron chi connectivity index (χ2n) is 8.49. The van der Waals surface area contributed by atoms with Gasteiger partial charge in [0.15, 0.2) is 0 Å². The molecule has 2 heterocycles. The van der Waals surface area contributed by atoms with Crippen molar-refractivity contribution in [1.29, 1.82) is 0 Å². The molecule has 1 atom stereocenters. The smallest absolute Gasteiger partial charge is 0.227 e. The summed E-state index contributed by atoms with van der Waals surface area (Å²) in [6, 6.07) is 16.4. The van der Waals surface area contributed by atoms with E-state index in [9.17, 15) is 4.79 Å². The number of likely N-dealkylation sites (tertiary alicyclic amines) is 1. The van der Waals surface area contributed by atoms with E-state index in [2.05, 4.69) is 44.5 Å². The predicted molar refractivity (Wildman–Crippen MR) is 125 cm³/mol. The lowest BCUT2D eigenvalue weighted by Crippen LogP contribution is -2.52. The molecule has 1 aliphatic rings. The minimum Gasteiger partial charge on any atom is -0.497 e. The van der Waals surface area contributed by atoms with Crippen LogP contribution in [0.3, 0.4) is 0 Å². The van der Waals surface area contributed by atoms with Crippen LogP contribution in [-0.4, -0.2) is 48.0 Å². The summed E-state index contributed by atoms with van der Waals surface area (Å²) in [7, 11) is 3.42. The van der Waals surface area contributed by atoms with Crippen LogP contribution in [0.15, 0.2) is 67.3 Å². The first-order valence-corrected chi connectivity index (χ1v) is 11.0. The number of amides is 1. The van der Waals surface area contributed by atoms with Crippen molar-refractivity contribution in [1.82, 2.24) is 20.2 Å². The van der Waals surface area contributed by atoms with Crippen molar-refractivity contribution >= 4 is 5.91 Å². The Morgan fingerprint density at radius 1 is 1.16 bits per heavy atom. The molecule has 0 bridgehead atoms. The normalized spacial score (nSPS) is 18.8. The number of nitrogens with zero attached hydrogens (tertiary/aromatic N) is 3. The summed E-state index contributed by atoms with van der Waals surface area (Å²) < 4.78 is 5.38. The Labute approximate surface area is 189 Å². The molecule has 0 unspecified atom stereocenters. The minimum atomic E-state index is -0.488. The van der Waals surface area contributed by atoms with Crippen LogP contribution < -0.4 is 10.1 Å². The molecule has 1 aromatic heterocycles. The van der Waals surface area contributed by atoms with Crippen molar-refractivity contribution in [3.63, 3.8) is 0 Å². The number of hydrogen-bond donors (Lipinski definition) is 1. The zero-order valence-corrected chi connectivity index (χ0v) is 18.8. The summed E-state index contributed by atoms with van der Waals surface area (Å²) in [4.78, 5) is 24.0. The molecule has 4 rings (SSSR count). The van der Waals surface area contributed by atoms with E-state index in [4.69, 9.17) is 4.74 Å². The molecule has 0 radical (unpaired) electrons. The Bertz CT molecular complexity index is 1060. The first-order valence-electron chi connectivity index (χ1n) is 11.0. The number of carbonyl (C=O) groups excluding carboxylic acids is 1. The average Bonchev–Trinajstić information content (AvgIpc) is 2.84. The van der Waals surface area contributed by atoms with E-state index in [1.165, 1.54) is 11.9 Å². The van der Waals surface area contributed by atoms with Crippen molar-refractivity contribution in [3.8, 4) is 16.9 Å². The number of ether oxygens (including phenoxy) is 1. The summed E-state index contributed by atoms with van der Waals surface area (Å²) in [5.41, 5.74) is 3.91. The molecule has 6 nitrogen and oxygen atoms in total. The molecule has 0 saturated carbocycles. The van der Waals surface area contributed by atoms with Crippen molar-refractivity contribution in [2.45, 2.75) is 25.8 Å². The molecule has 3 aromatic rings. The summed E-state index contributed by atoms with van der Waals surface area (Å²) >= 11 is 0. The third-order valence-corrected chi connectivity index (χ3v) is 6.32. The van der Waals surface area contributed by atoms with Crippen LogP contribution in [0.5, 0.6) is 5.75 Å². The van der Waals surface area contributed by atoms with Crippen LogP contribution in [0.4, 0.5) is 0 Å². The number of hydrogen-bond acceptors (Lipinski definition) is 5. The Morgan fingerprint density at radius 2 is 1.97 bits per heavy atom. The largest absolute Gasteiger partial charge is 0.497 e. The molecule has 0 aliphatic carbocycles. The third-order valence-electron chi connectivity index (χ3n) is 6.32. The fourth-order valence-electron chi connectivity index (χ4n) is 4.83. The van der Waals surface area contributed by atoms with E-state index < -0.39 is 5.41 Å². The molecule has 166 valence electrons. The van der Waals surface area contributed by atoms with Gasteiger partial charge in [0.2, 0.25) is 5.91 Å². The zero-order chi connectivity index (χ0) is 22.4. The van der Waals surface area contributed by atoms with Crippen molar-refractivity contribution in [3.05, 3.63) is 78.4 Å². The van der Waals surface area contributed by atoms with Gasteiger partial charge >= 0.3 is 0 Å². The average molecular weight is 431 g/mol. The highest BCUT2D eigenvalue weighted by Gasteiger charge is 2.42. The second kappa shape index (κ2) is 9.92. The van der Waals surface area contributed by atoms with Gasteiger partial charge in [-0.2, -0.15) is 0 Å². The highest BCUT2D eigenvalue weighted by molar-refractivity contribution is 5.83. The Kier molecular flexibility index (Phi) is 6.81. The van der Waals surface area contributed by atoms with Gasteiger partial charge in [-0.3, -0.25) is 9.69 Å². The molecule has 2 aromatic carbocycles. The molecule has 1 amide bonds. The number of piperidine rings is 1. The maximum absolute atomic E-state index is 13.3. The third kappa shape index (κ3) is 4.81. The van der Waals surface area contributed by atoms with E-state index in [0.29, 0.717) is 13.0 Å². The standard InChI is InChI=1S/C26H30N4O2/c1-27-25(31)26(14-21-8-3-4-10-24(21)22-15-28-19-29-16-22)11-6-12-30(18-26)17-20-7-5-9-23(13-20)32-2/h3-5,7-10,13,15-16,19H,6,11-12,14,17-18H2,1-2H3,(H,27,31)/t26-/m0/s1. The van der Waals surface area contributed by atoms with E-state index >= 15 is 0 Å². The molecule has 1 saturated heterocycles. The SMILES string of the molecule is CNC(=O)[C@]1(Cc2ccccc2-c2cncnc2)CCCN(Cc2cccc(OC)c2)C1. The van der Waals surface area contributed by atoms with Crippen LogP contribution in [-0.2, 0) is 17.8 Å². The van der Waals surface area contributed by atoms with E-state index in [-0.39, 0.29) is 5.91 Å². The van der Waals surface area contributed by atoms with Crippen LogP contribution in [0, 0.1) is 5.41 Å². The predicted octanol–water partition coefficient (Wildman–Crippen LogP) is 3.72. The van der Waals surface area contributed by atoms with Gasteiger partial charge in [0.05, 0.1) is 12.5 Å². The van der Waals surface area contributed by atoms with Crippen molar-refractivity contribution < 1.29 is 9.53 Å². The van der Waals surface area contributed by atoms with Crippen LogP contribution >= 0.6 is 0 Å². The number of methoxy groups -OCH3 is 1. The number of aromatic nitrogens is 2. The molecule has 1 aliphatic heterocycles. The summed E-state index contributed by atoms with van der Waals surface area (Å²) in [5.74, 6) is 0.961. The van der Waals surface area contributed by atoms with Gasteiger partial charge in [-0.25, -0.2) is 9.97 Å². The van der Waals surface area contributed by atoms with E-state index in [0.717, 1.165) is 48.4 Å². The van der Waals surface area contributed by atoms with Gasteiger partial charge < -0.3 is 10.1 Å². The lowest BCUT2D eigenvalue weighted by atomic mass is 9.73. The molecular formula is C26H30N4O2. The fraction of sp³-hybridized carbons (Fsp3) is 0.346. The van der Waals surface area contributed by atoms with Crippen molar-refractivity contribution in [2.24, 2.45) is 5.41 Å². The monoisotopic (exact) mass is 430 g/mol. The van der Waals surface area contributed by atoms with Gasteiger partial charge in [0.1, 0.15) is 12.1 Å². The Morgan fingerprint density at radius 3 is 2.75 bits per heavy atom. The van der Waals surface area contributed by atoms with E-state index in [1.807, 2.05) is 36.7 Å². The fourth-order valence-corrected chi connectivity index (χ4v) is 4.83. The first kappa shape index (κ1) is 22.0. The second-order valence-corrected chi connectivity index (χ2v) is 8.49. The first-order chi connectivity index (χ1) is 15.6. The van der Waals surface area contributed by atoms with Crippen LogP contribution in [0.1, 0.15) is 24.0 Å². The minimum absolute atomic E-state index is 0.104. The van der Waals surface area contributed by atoms with E-state index in [1.54, 1.807) is 14.2 Å².